The summed E-state index contributed by atoms with van der Waals surface area (Å²) in [5.41, 5.74) is 3.49. The van der Waals surface area contributed by atoms with Crippen molar-refractivity contribution in [2.24, 2.45) is 5.92 Å². The van der Waals surface area contributed by atoms with Crippen molar-refractivity contribution >= 4 is 69.3 Å². The Balaban J connectivity index is 1.47. The Morgan fingerprint density at radius 2 is 1.63 bits per heavy atom. The van der Waals surface area contributed by atoms with Crippen LogP contribution in [0.3, 0.4) is 0 Å². The van der Waals surface area contributed by atoms with Crippen molar-refractivity contribution in [1.82, 2.24) is 15.8 Å². The number of hydrogen-bond donors (Lipinski definition) is 4. The second-order valence-corrected chi connectivity index (χ2v) is 13.2. The van der Waals surface area contributed by atoms with Crippen LogP contribution in [0.15, 0.2) is 90.8 Å². The number of hydrogen-bond acceptors (Lipinski definition) is 8. The minimum atomic E-state index is -1.80. The van der Waals surface area contributed by atoms with E-state index in [0.717, 1.165) is 10.9 Å². The van der Waals surface area contributed by atoms with Crippen molar-refractivity contribution in [3.63, 3.8) is 0 Å². The van der Waals surface area contributed by atoms with Gasteiger partial charge < -0.3 is 25.0 Å². The summed E-state index contributed by atoms with van der Waals surface area (Å²) in [6.07, 6.45) is 2.47. The molecule has 1 aromatic heterocycles. The van der Waals surface area contributed by atoms with E-state index in [1.54, 1.807) is 41.4 Å². The molecule has 1 aliphatic heterocycles. The molecule has 51 heavy (non-hydrogen) atoms. The number of amides is 2. The zero-order valence-electron chi connectivity index (χ0n) is 27.9. The van der Waals surface area contributed by atoms with Gasteiger partial charge in [-0.25, -0.2) is 4.79 Å². The number of H-pyrrole nitrogens is 1. The van der Waals surface area contributed by atoms with Gasteiger partial charge in [0, 0.05) is 30.4 Å². The van der Waals surface area contributed by atoms with E-state index < -0.39 is 54.3 Å². The molecule has 266 valence electrons. The van der Waals surface area contributed by atoms with Gasteiger partial charge in [0.05, 0.1) is 39.5 Å². The van der Waals surface area contributed by atoms with Gasteiger partial charge in [0.15, 0.2) is 18.0 Å². The number of ether oxygens (including phenoxy) is 1. The smallest absolute Gasteiger partial charge is 0.341 e. The molecule has 0 spiro atoms. The van der Waals surface area contributed by atoms with Gasteiger partial charge in [-0.1, -0.05) is 91.6 Å². The summed E-state index contributed by atoms with van der Waals surface area (Å²) in [4.78, 5) is 76.4. The molecule has 0 fully saturated rings. The Morgan fingerprint density at radius 3 is 2.27 bits per heavy atom. The molecule has 5 rings (SSSR count). The van der Waals surface area contributed by atoms with E-state index in [9.17, 15) is 29.1 Å². The highest BCUT2D eigenvalue weighted by molar-refractivity contribution is 6.39. The fraction of sp³-hybridized carbons (Fsp3) is 0.270. The summed E-state index contributed by atoms with van der Waals surface area (Å²) in [5.74, 6) is -4.56. The highest BCUT2D eigenvalue weighted by Gasteiger charge is 2.47. The SMILES string of the molecule is CC(=O)N(c1c[nH]c2ccccc12)[C@H](C1=CC(Cc2ccccc2)(C(=O)N[C@@H](CC(=O)O)C(=O)COC(=O)c2c(Cl)cccc2Cl)ON1)C(C)C. The molecular formula is C37H36Cl2N4O8. The first-order valence-corrected chi connectivity index (χ1v) is 16.8. The van der Waals surface area contributed by atoms with Crippen LogP contribution in [0.4, 0.5) is 5.69 Å². The van der Waals surface area contributed by atoms with E-state index >= 15 is 0 Å². The number of anilines is 1. The average molecular weight is 736 g/mol. The number of carbonyl (C=O) groups is 5. The van der Waals surface area contributed by atoms with Gasteiger partial charge in [-0.3, -0.25) is 29.5 Å². The number of ketones is 1. The van der Waals surface area contributed by atoms with Crippen LogP contribution in [0, 0.1) is 5.92 Å². The molecule has 0 saturated heterocycles. The Bertz CT molecular complexity index is 1980. The number of aromatic nitrogens is 1. The van der Waals surface area contributed by atoms with Crippen LogP contribution < -0.4 is 15.7 Å². The van der Waals surface area contributed by atoms with E-state index in [1.807, 2.05) is 44.2 Å². The number of rotatable bonds is 14. The number of aromatic amines is 1. The zero-order valence-corrected chi connectivity index (χ0v) is 29.5. The third-order valence-corrected chi connectivity index (χ3v) is 9.04. The maximum atomic E-state index is 14.3. The van der Waals surface area contributed by atoms with E-state index in [0.29, 0.717) is 16.9 Å². The van der Waals surface area contributed by atoms with Gasteiger partial charge in [-0.05, 0) is 35.8 Å². The standard InChI is InChI=1S/C37H36Cl2N4O8/c1-21(2)34(43(22(3)44)30-19-40-27-15-8-7-12-24(27)30)29-18-37(51-42-29,17-23-10-5-4-6-11-23)36(49)41-28(16-32(46)47)31(45)20-50-35(48)33-25(38)13-9-14-26(33)39/h4-15,18-19,21,28,34,40,42H,16-17,20H2,1-3H3,(H,41,49)(H,46,47)/t28-,34-,37?/m0/s1. The number of nitrogens with one attached hydrogen (secondary N) is 3. The summed E-state index contributed by atoms with van der Waals surface area (Å²) in [7, 11) is 0. The van der Waals surface area contributed by atoms with Crippen LogP contribution in [0.1, 0.15) is 43.1 Å². The minimum absolute atomic E-state index is 0.000556. The molecule has 4 aromatic rings. The third kappa shape index (κ3) is 8.25. The van der Waals surface area contributed by atoms with Crippen LogP contribution in [-0.2, 0) is 35.2 Å². The normalized spacial score (nSPS) is 16.5. The van der Waals surface area contributed by atoms with Crippen molar-refractivity contribution in [3.8, 4) is 0 Å². The van der Waals surface area contributed by atoms with Crippen molar-refractivity contribution < 1.29 is 38.7 Å². The minimum Gasteiger partial charge on any atom is -0.481 e. The van der Waals surface area contributed by atoms with Gasteiger partial charge in [-0.15, -0.1) is 0 Å². The lowest BCUT2D eigenvalue weighted by molar-refractivity contribution is -0.148. The molecule has 3 aromatic carbocycles. The first kappa shape index (κ1) is 37.1. The Hall–Kier alpha value is -5.17. The van der Waals surface area contributed by atoms with Crippen LogP contribution in [-0.4, -0.2) is 63.9 Å². The van der Waals surface area contributed by atoms with Gasteiger partial charge in [0.25, 0.3) is 5.91 Å². The van der Waals surface area contributed by atoms with Crippen molar-refractivity contribution in [2.75, 3.05) is 11.5 Å². The van der Waals surface area contributed by atoms with Gasteiger partial charge >= 0.3 is 11.9 Å². The van der Waals surface area contributed by atoms with Crippen molar-refractivity contribution in [1.29, 1.82) is 0 Å². The molecule has 1 aliphatic rings. The van der Waals surface area contributed by atoms with Gasteiger partial charge in [-0.2, -0.15) is 0 Å². The predicted octanol–water partition coefficient (Wildman–Crippen LogP) is 5.64. The number of esters is 1. The van der Waals surface area contributed by atoms with Crippen LogP contribution >= 0.6 is 23.2 Å². The molecule has 2 heterocycles. The number of hydroxylamine groups is 1. The fourth-order valence-electron chi connectivity index (χ4n) is 6.05. The first-order valence-electron chi connectivity index (χ1n) is 16.0. The molecule has 0 bridgehead atoms. The van der Waals surface area contributed by atoms with Crippen molar-refractivity contribution in [2.45, 2.75) is 51.3 Å². The second kappa shape index (κ2) is 15.8. The van der Waals surface area contributed by atoms with E-state index in [1.165, 1.54) is 25.1 Å². The number of halogens is 2. The highest BCUT2D eigenvalue weighted by Crippen LogP contribution is 2.36. The quantitative estimate of drug-likeness (QED) is 0.120. The molecular weight excluding hydrogens is 699 g/mol. The molecule has 3 atom stereocenters. The fourth-order valence-corrected chi connectivity index (χ4v) is 6.61. The van der Waals surface area contributed by atoms with E-state index in [4.69, 9.17) is 32.8 Å². The zero-order chi connectivity index (χ0) is 36.9. The number of carboxylic acids is 1. The summed E-state index contributed by atoms with van der Waals surface area (Å²) >= 11 is 12.2. The molecule has 14 heteroatoms. The summed E-state index contributed by atoms with van der Waals surface area (Å²) in [6, 6.07) is 18.6. The molecule has 12 nitrogen and oxygen atoms in total. The Kier molecular flexibility index (Phi) is 11.5. The maximum Gasteiger partial charge on any atom is 0.341 e. The molecule has 0 aliphatic carbocycles. The number of nitrogens with zero attached hydrogens (tertiary/aromatic N) is 1. The summed E-state index contributed by atoms with van der Waals surface area (Å²) in [6.45, 7) is 4.42. The van der Waals surface area contributed by atoms with Gasteiger partial charge in [0.2, 0.25) is 5.91 Å². The van der Waals surface area contributed by atoms with E-state index in [-0.39, 0.29) is 33.9 Å². The molecule has 2 amide bonds. The van der Waals surface area contributed by atoms with Crippen LogP contribution in [0.2, 0.25) is 10.0 Å². The number of benzene rings is 3. The molecule has 0 radical (unpaired) electrons. The molecule has 1 unspecified atom stereocenters. The number of carboxylic acid groups (broad SMARTS) is 1. The topological polar surface area (TPSA) is 167 Å². The number of aliphatic carboxylic acids is 1. The average Bonchev–Trinajstić information content (AvgIpc) is 3.70. The lowest BCUT2D eigenvalue weighted by atomic mass is 9.89. The maximum absolute atomic E-state index is 14.3. The second-order valence-electron chi connectivity index (χ2n) is 12.4. The summed E-state index contributed by atoms with van der Waals surface area (Å²) < 4.78 is 5.13. The number of Topliss-reactive ketones (excluding diaryl/α,β-unsaturated/α-hetero) is 1. The van der Waals surface area contributed by atoms with Crippen LogP contribution in [0.5, 0.6) is 0 Å². The predicted molar refractivity (Wildman–Crippen MR) is 191 cm³/mol. The molecule has 0 saturated carbocycles. The third-order valence-electron chi connectivity index (χ3n) is 8.41. The number of carbonyl (C=O) groups excluding carboxylic acids is 4. The molecule has 4 N–H and O–H groups in total. The monoisotopic (exact) mass is 734 g/mol. The largest absolute Gasteiger partial charge is 0.481 e. The summed E-state index contributed by atoms with van der Waals surface area (Å²) in [5, 5.41) is 13.0. The number of para-hydroxylation sites is 1. The van der Waals surface area contributed by atoms with Gasteiger partial charge in [0.1, 0.15) is 6.04 Å². The Labute approximate surface area is 303 Å². The lowest BCUT2D eigenvalue weighted by Gasteiger charge is -2.34. The Morgan fingerprint density at radius 1 is 0.961 bits per heavy atom. The lowest BCUT2D eigenvalue weighted by Crippen LogP contribution is -2.54. The van der Waals surface area contributed by atoms with Crippen LogP contribution in [0.25, 0.3) is 10.9 Å². The van der Waals surface area contributed by atoms with Crippen molar-refractivity contribution in [3.05, 3.63) is 112 Å². The first-order chi connectivity index (χ1) is 24.3. The number of fused-ring (bicyclic) bond motifs is 1. The van der Waals surface area contributed by atoms with E-state index in [2.05, 4.69) is 15.8 Å². The highest BCUT2D eigenvalue weighted by atomic mass is 35.5.